The molecule has 0 fully saturated rings. The zero-order chi connectivity index (χ0) is 17.2. The van der Waals surface area contributed by atoms with E-state index in [1.807, 2.05) is 30.3 Å². The van der Waals surface area contributed by atoms with Crippen LogP contribution in [0.5, 0.6) is 0 Å². The van der Waals surface area contributed by atoms with Crippen molar-refractivity contribution in [3.63, 3.8) is 0 Å². The maximum atomic E-state index is 12.3. The third-order valence-corrected chi connectivity index (χ3v) is 4.74. The number of hydrogen-bond acceptors (Lipinski definition) is 2. The monoisotopic (exact) mass is 331 g/mol. The Hall–Kier alpha value is -2.81. The predicted molar refractivity (Wildman–Crippen MR) is 101 cm³/mol. The summed E-state index contributed by atoms with van der Waals surface area (Å²) in [5, 5.41) is 14.4. The number of pyridine rings is 1. The van der Waals surface area contributed by atoms with Crippen LogP contribution in [0.1, 0.15) is 36.7 Å². The largest absolute Gasteiger partial charge is 0.618 e. The molecular weight excluding hydrogens is 310 g/mol. The van der Waals surface area contributed by atoms with Gasteiger partial charge in [0.2, 0.25) is 11.7 Å². The number of benzene rings is 2. The molecule has 0 saturated carbocycles. The maximum Gasteiger partial charge on any atom is 0.224 e. The van der Waals surface area contributed by atoms with Crippen molar-refractivity contribution in [3.8, 4) is 0 Å². The first-order valence-electron chi connectivity index (χ1n) is 8.87. The fourth-order valence-corrected chi connectivity index (χ4v) is 3.50. The van der Waals surface area contributed by atoms with Gasteiger partial charge < -0.3 is 9.62 Å². The molecular formula is C22H21NO2. The highest BCUT2D eigenvalue weighted by Gasteiger charge is 2.20. The highest BCUT2D eigenvalue weighted by molar-refractivity contribution is 6.04. The number of hydrogen-bond donors (Lipinski definition) is 0. The second-order valence-corrected chi connectivity index (χ2v) is 6.48. The number of nitrogens with zero attached hydrogens (tertiary/aromatic N) is 1. The molecule has 0 unspecified atom stereocenters. The van der Waals surface area contributed by atoms with Gasteiger partial charge in [-0.15, -0.1) is 0 Å². The Bertz CT molecular complexity index is 1020. The fourth-order valence-electron chi connectivity index (χ4n) is 3.50. The SMILES string of the molecule is CCCCc1oc2c[n+]([O-])c3ccccc3c2c1Cc1ccccc1. The van der Waals surface area contributed by atoms with Crippen LogP contribution in [0.2, 0.25) is 0 Å². The van der Waals surface area contributed by atoms with Crippen LogP contribution in [0.4, 0.5) is 0 Å². The zero-order valence-electron chi connectivity index (χ0n) is 14.4. The summed E-state index contributed by atoms with van der Waals surface area (Å²) in [6.45, 7) is 2.18. The van der Waals surface area contributed by atoms with E-state index in [-0.39, 0.29) is 0 Å². The Morgan fingerprint density at radius 1 is 1.00 bits per heavy atom. The van der Waals surface area contributed by atoms with Crippen LogP contribution in [0.3, 0.4) is 0 Å². The number of unbranched alkanes of at least 4 members (excludes halogenated alkanes) is 1. The molecule has 0 aliphatic rings. The molecule has 2 aromatic carbocycles. The Morgan fingerprint density at radius 3 is 2.56 bits per heavy atom. The van der Waals surface area contributed by atoms with Gasteiger partial charge >= 0.3 is 0 Å². The zero-order valence-corrected chi connectivity index (χ0v) is 14.4. The third-order valence-electron chi connectivity index (χ3n) is 4.74. The number of rotatable bonds is 5. The molecule has 4 rings (SSSR count). The van der Waals surface area contributed by atoms with Crippen LogP contribution >= 0.6 is 0 Å². The quantitative estimate of drug-likeness (QED) is 0.375. The topological polar surface area (TPSA) is 40.1 Å². The lowest BCUT2D eigenvalue weighted by atomic mass is 9.98. The minimum Gasteiger partial charge on any atom is -0.618 e. The molecule has 0 spiro atoms. The standard InChI is InChI=1S/C22H21NO2/c1-2-3-13-20-18(14-16-9-5-4-6-10-16)22-17-11-7-8-12-19(17)23(24)15-21(22)25-20/h4-12,15H,2-3,13-14H2,1H3. The second-order valence-electron chi connectivity index (χ2n) is 6.48. The number of aryl methyl sites for hydroxylation is 1. The summed E-state index contributed by atoms with van der Waals surface area (Å²) < 4.78 is 7.06. The molecule has 25 heavy (non-hydrogen) atoms. The molecule has 2 heterocycles. The Balaban J connectivity index is 1.97. The van der Waals surface area contributed by atoms with E-state index in [0.29, 0.717) is 11.1 Å². The molecule has 3 nitrogen and oxygen atoms in total. The smallest absolute Gasteiger partial charge is 0.224 e. The first kappa shape index (κ1) is 15.7. The van der Waals surface area contributed by atoms with Crippen molar-refractivity contribution >= 4 is 21.9 Å². The summed E-state index contributed by atoms with van der Waals surface area (Å²) in [6.07, 6.45) is 5.49. The average molecular weight is 331 g/mol. The van der Waals surface area contributed by atoms with Gasteiger partial charge in [-0.3, -0.25) is 0 Å². The lowest BCUT2D eigenvalue weighted by molar-refractivity contribution is -0.575. The summed E-state index contributed by atoms with van der Waals surface area (Å²) in [6, 6.07) is 18.2. The minimum atomic E-state index is 0.686. The number of furan rings is 1. The number of aromatic nitrogens is 1. The highest BCUT2D eigenvalue weighted by atomic mass is 16.5. The summed E-state index contributed by atoms with van der Waals surface area (Å²) >= 11 is 0. The first-order chi connectivity index (χ1) is 12.3. The molecule has 0 N–H and O–H groups in total. The highest BCUT2D eigenvalue weighted by Crippen LogP contribution is 2.33. The normalized spacial score (nSPS) is 11.4. The molecule has 0 aliphatic carbocycles. The van der Waals surface area contributed by atoms with Crippen LogP contribution < -0.4 is 4.73 Å². The van der Waals surface area contributed by atoms with Crippen LogP contribution in [0.25, 0.3) is 21.9 Å². The Kier molecular flexibility index (Phi) is 4.14. The maximum absolute atomic E-state index is 12.3. The van der Waals surface area contributed by atoms with Crippen molar-refractivity contribution in [3.05, 3.63) is 82.9 Å². The van der Waals surface area contributed by atoms with Gasteiger partial charge in [0.05, 0.1) is 5.39 Å². The van der Waals surface area contributed by atoms with Gasteiger partial charge in [0.25, 0.3) is 0 Å². The summed E-state index contributed by atoms with van der Waals surface area (Å²) in [5.41, 5.74) is 3.84. The third kappa shape index (κ3) is 2.86. The summed E-state index contributed by atoms with van der Waals surface area (Å²) in [5.74, 6) is 1.01. The van der Waals surface area contributed by atoms with E-state index < -0.39 is 0 Å². The van der Waals surface area contributed by atoms with E-state index in [9.17, 15) is 5.21 Å². The van der Waals surface area contributed by atoms with Crippen molar-refractivity contribution in [2.75, 3.05) is 0 Å². The number of para-hydroxylation sites is 1. The van der Waals surface area contributed by atoms with Crippen molar-refractivity contribution in [1.82, 2.24) is 0 Å². The van der Waals surface area contributed by atoms with Crippen molar-refractivity contribution in [2.45, 2.75) is 32.6 Å². The van der Waals surface area contributed by atoms with Crippen LogP contribution in [0, 0.1) is 5.21 Å². The lowest BCUT2D eigenvalue weighted by Gasteiger charge is -2.05. The second kappa shape index (κ2) is 6.60. The molecule has 0 aliphatic heterocycles. The molecule has 4 aromatic rings. The molecule has 0 atom stereocenters. The fraction of sp³-hybridized carbons (Fsp3) is 0.227. The average Bonchev–Trinajstić information content (AvgIpc) is 2.98. The molecule has 0 radical (unpaired) electrons. The molecule has 0 bridgehead atoms. The molecule has 2 aromatic heterocycles. The summed E-state index contributed by atoms with van der Waals surface area (Å²) in [4.78, 5) is 0. The van der Waals surface area contributed by atoms with E-state index in [1.54, 1.807) is 6.20 Å². The number of fused-ring (bicyclic) bond motifs is 3. The van der Waals surface area contributed by atoms with E-state index in [4.69, 9.17) is 4.42 Å². The van der Waals surface area contributed by atoms with Crippen molar-refractivity contribution < 1.29 is 9.15 Å². The van der Waals surface area contributed by atoms with Crippen molar-refractivity contribution in [2.24, 2.45) is 0 Å². The van der Waals surface area contributed by atoms with Crippen molar-refractivity contribution in [1.29, 1.82) is 0 Å². The van der Waals surface area contributed by atoms with Gasteiger partial charge in [-0.05, 0) is 18.1 Å². The van der Waals surface area contributed by atoms with Crippen LogP contribution in [-0.4, -0.2) is 0 Å². The van der Waals surface area contributed by atoms with E-state index >= 15 is 0 Å². The van der Waals surface area contributed by atoms with E-state index in [2.05, 4.69) is 31.2 Å². The van der Waals surface area contributed by atoms with Crippen LogP contribution in [-0.2, 0) is 12.8 Å². The predicted octanol–water partition coefficient (Wildman–Crippen LogP) is 5.15. The van der Waals surface area contributed by atoms with Gasteiger partial charge in [-0.25, -0.2) is 0 Å². The van der Waals surface area contributed by atoms with Gasteiger partial charge in [-0.1, -0.05) is 55.8 Å². The van der Waals surface area contributed by atoms with E-state index in [1.165, 1.54) is 11.1 Å². The molecule has 3 heteroatoms. The van der Waals surface area contributed by atoms with Crippen LogP contribution in [0.15, 0.2) is 65.2 Å². The lowest BCUT2D eigenvalue weighted by Crippen LogP contribution is -2.25. The summed E-state index contributed by atoms with van der Waals surface area (Å²) in [7, 11) is 0. The van der Waals surface area contributed by atoms with Gasteiger partial charge in [0.15, 0.2) is 5.58 Å². The Labute approximate surface area is 147 Å². The van der Waals surface area contributed by atoms with Gasteiger partial charge in [0.1, 0.15) is 5.76 Å². The van der Waals surface area contributed by atoms with Gasteiger partial charge in [0, 0.05) is 29.9 Å². The van der Waals surface area contributed by atoms with Gasteiger partial charge in [-0.2, -0.15) is 4.73 Å². The minimum absolute atomic E-state index is 0.686. The van der Waals surface area contributed by atoms with E-state index in [0.717, 1.165) is 46.9 Å². The first-order valence-corrected chi connectivity index (χ1v) is 8.87. The molecule has 0 amide bonds. The molecule has 0 saturated heterocycles. The molecule has 126 valence electrons. The Morgan fingerprint density at radius 2 is 1.76 bits per heavy atom.